The summed E-state index contributed by atoms with van der Waals surface area (Å²) >= 11 is 0. The third kappa shape index (κ3) is 7.52. The predicted molar refractivity (Wildman–Crippen MR) is 382 cm³/mol. The van der Waals surface area contributed by atoms with Gasteiger partial charge in [-0.15, -0.1) is 0 Å². The van der Waals surface area contributed by atoms with Crippen molar-refractivity contribution in [2.24, 2.45) is 0 Å². The first-order valence-electron chi connectivity index (χ1n) is 31.8. The van der Waals surface area contributed by atoms with E-state index in [0.717, 1.165) is 146 Å². The highest BCUT2D eigenvalue weighted by atomic mass is 16.5. The van der Waals surface area contributed by atoms with Gasteiger partial charge in [0.25, 0.3) is 20.1 Å². The summed E-state index contributed by atoms with van der Waals surface area (Å²) < 4.78 is 16.0. The molecule has 0 saturated carbocycles. The second-order valence-electron chi connectivity index (χ2n) is 25.8. The van der Waals surface area contributed by atoms with E-state index in [4.69, 9.17) is 9.47 Å². The van der Waals surface area contributed by atoms with Crippen LogP contribution in [0, 0.1) is 0 Å². The highest BCUT2D eigenvalue weighted by Crippen LogP contribution is 2.55. The molecule has 0 spiro atoms. The Hall–Kier alpha value is -11.1. The number of anilines is 12. The summed E-state index contributed by atoms with van der Waals surface area (Å²) in [5.74, 6) is 3.45. The van der Waals surface area contributed by atoms with Crippen molar-refractivity contribution in [1.82, 2.24) is 0 Å². The Morgan fingerprint density at radius 2 is 0.582 bits per heavy atom. The smallest absolute Gasteiger partial charge is 0.261 e. The average molecular weight is 1160 g/mol. The fourth-order valence-electron chi connectivity index (χ4n) is 16.0. The van der Waals surface area contributed by atoms with Crippen LogP contribution in [0.25, 0.3) is 22.3 Å². The zero-order valence-electron chi connectivity index (χ0n) is 50.6. The summed E-state index contributed by atoms with van der Waals surface area (Å²) in [6, 6.07) is 107. The van der Waals surface area contributed by atoms with Gasteiger partial charge in [-0.3, -0.25) is 0 Å². The molecule has 0 unspecified atom stereocenters. The predicted octanol–water partition coefficient (Wildman–Crippen LogP) is 15.2. The van der Waals surface area contributed by atoms with E-state index in [-0.39, 0.29) is 18.8 Å². The first kappa shape index (κ1) is 51.9. The molecule has 6 aliphatic heterocycles. The van der Waals surface area contributed by atoms with Gasteiger partial charge in [-0.25, -0.2) is 0 Å². The van der Waals surface area contributed by atoms with E-state index in [1.807, 2.05) is 0 Å². The van der Waals surface area contributed by atoms with Gasteiger partial charge in [0, 0.05) is 68.0 Å². The van der Waals surface area contributed by atoms with Gasteiger partial charge in [-0.1, -0.05) is 227 Å². The van der Waals surface area contributed by atoms with Gasteiger partial charge >= 0.3 is 0 Å². The van der Waals surface area contributed by atoms with Crippen LogP contribution < -0.4 is 78.2 Å². The first-order chi connectivity index (χ1) is 44.9. The molecule has 0 saturated heterocycles. The van der Waals surface area contributed by atoms with Crippen molar-refractivity contribution in [2.75, 3.05) is 19.6 Å². The molecule has 6 aliphatic rings. The largest absolute Gasteiger partial charge is 0.459 e. The maximum Gasteiger partial charge on any atom is 0.261 e. The van der Waals surface area contributed by atoms with Gasteiger partial charge < -0.3 is 29.1 Å². The second-order valence-corrected chi connectivity index (χ2v) is 25.8. The average Bonchev–Trinajstić information content (AvgIpc) is 0.673. The van der Waals surface area contributed by atoms with Gasteiger partial charge in [0.1, 0.15) is 23.0 Å². The van der Waals surface area contributed by atoms with E-state index in [9.17, 15) is 0 Å². The Kier molecular flexibility index (Phi) is 11.2. The summed E-state index contributed by atoms with van der Waals surface area (Å²) in [5, 5.41) is 0. The quantitative estimate of drug-likeness (QED) is 0.154. The summed E-state index contributed by atoms with van der Waals surface area (Å²) in [6.45, 7) is 6.31. The van der Waals surface area contributed by atoms with Crippen LogP contribution in [0.15, 0.2) is 291 Å². The van der Waals surface area contributed by atoms with Crippen molar-refractivity contribution in [2.45, 2.75) is 26.2 Å². The lowest BCUT2D eigenvalue weighted by molar-refractivity contribution is 0.490. The Labute approximate surface area is 531 Å². The Morgan fingerprint density at radius 1 is 0.264 bits per heavy atom. The molecule has 19 rings (SSSR count). The summed E-state index contributed by atoms with van der Waals surface area (Å²) in [7, 11) is 0. The number of ether oxygens (including phenoxy) is 2. The van der Waals surface area contributed by atoms with Crippen LogP contribution in [-0.2, 0) is 5.41 Å². The number of para-hydroxylation sites is 8. The minimum absolute atomic E-state index is 0.159. The van der Waals surface area contributed by atoms with Crippen LogP contribution in [0.5, 0.6) is 23.0 Å². The Morgan fingerprint density at radius 3 is 1.00 bits per heavy atom. The Bertz CT molecular complexity index is 4860. The fourth-order valence-corrected chi connectivity index (χ4v) is 16.0. The van der Waals surface area contributed by atoms with Gasteiger partial charge in [-0.05, 0) is 156 Å². The van der Waals surface area contributed by atoms with Crippen LogP contribution in [0.4, 0.5) is 68.2 Å². The van der Waals surface area contributed by atoms with Crippen molar-refractivity contribution in [3.05, 3.63) is 297 Å². The molecule has 0 N–H and O–H groups in total. The summed E-state index contributed by atoms with van der Waals surface area (Å²) in [6.07, 6.45) is 0. The SMILES string of the molecule is CC(C)(C)c1cc2c3c(c1)N(c1ccccc1-c1ccccc1)c1cc4c5c(c1B3c1c(cc3c6c1Oc1ccccc1B6c1ccccc1N3c1ccccc1)N2c1ccccc1-c1ccccc1)Oc1ccccc1B5c1ccccc1N4c1ccccc1. The topological polar surface area (TPSA) is 31.4 Å². The molecule has 6 heterocycles. The summed E-state index contributed by atoms with van der Waals surface area (Å²) in [5.41, 5.74) is 28.9. The number of hydrogen-bond acceptors (Lipinski definition) is 6. The van der Waals surface area contributed by atoms with Crippen molar-refractivity contribution in [3.8, 4) is 45.3 Å². The van der Waals surface area contributed by atoms with Crippen LogP contribution in [0.3, 0.4) is 0 Å². The molecule has 6 nitrogen and oxygen atoms in total. The molecule has 0 amide bonds. The molecule has 0 fully saturated rings. The number of hydrogen-bond donors (Lipinski definition) is 0. The standard InChI is InChI=1S/C82H57B3N4O2/c1-82(2,3)54-48-67-75-68(49-54)89(64-43-23-17-37-58(64)53-30-10-5-11-31-53)72-51-70-77-81(91-74-47-27-21-41-62(74)84(77)60-39-19-25-45-66(60)87(70)56-34-14-7-15-35-56)79(72)85(75)78-71(88(67)63-42-22-16-36-57(63)52-28-8-4-9-29-52)50-69-76-80(78)90-73-46-26-20-40-61(73)83(76)59-38-18-24-44-65(59)86(69)55-32-12-6-13-33-55/h4-51H,1-3H3. The molecule has 13 aromatic carbocycles. The third-order valence-corrected chi connectivity index (χ3v) is 19.9. The highest BCUT2D eigenvalue weighted by Gasteiger charge is 2.55. The zero-order valence-corrected chi connectivity index (χ0v) is 50.6. The minimum atomic E-state index is -0.452. The third-order valence-electron chi connectivity index (χ3n) is 19.9. The fraction of sp³-hybridized carbons (Fsp3) is 0.0488. The van der Waals surface area contributed by atoms with Crippen LogP contribution in [-0.4, -0.2) is 20.1 Å². The monoisotopic (exact) mass is 1160 g/mol. The normalized spacial score (nSPS) is 13.9. The minimum Gasteiger partial charge on any atom is -0.459 e. The maximum absolute atomic E-state index is 8.00. The van der Waals surface area contributed by atoms with E-state index in [2.05, 4.69) is 332 Å². The lowest BCUT2D eigenvalue weighted by Gasteiger charge is -2.49. The van der Waals surface area contributed by atoms with Crippen molar-refractivity contribution in [1.29, 1.82) is 0 Å². The lowest BCUT2D eigenvalue weighted by Crippen LogP contribution is -2.67. The first-order valence-corrected chi connectivity index (χ1v) is 31.8. The molecule has 0 aromatic heterocycles. The number of fused-ring (bicyclic) bond motifs is 14. The van der Waals surface area contributed by atoms with E-state index in [0.29, 0.717) is 0 Å². The number of nitrogens with zero attached hydrogens (tertiary/aromatic N) is 4. The lowest BCUT2D eigenvalue weighted by atomic mass is 9.28. The van der Waals surface area contributed by atoms with E-state index < -0.39 is 6.71 Å². The van der Waals surface area contributed by atoms with Gasteiger partial charge in [0.15, 0.2) is 0 Å². The van der Waals surface area contributed by atoms with Crippen LogP contribution in [0.1, 0.15) is 26.3 Å². The second kappa shape index (κ2) is 19.7. The molecular formula is C82H57B3N4O2. The molecule has 0 atom stereocenters. The molecule has 91 heavy (non-hydrogen) atoms. The summed E-state index contributed by atoms with van der Waals surface area (Å²) in [4.78, 5) is 10.2. The molecule has 0 radical (unpaired) electrons. The highest BCUT2D eigenvalue weighted by molar-refractivity contribution is 7.05. The molecule has 426 valence electrons. The van der Waals surface area contributed by atoms with E-state index in [1.54, 1.807) is 0 Å². The van der Waals surface area contributed by atoms with Gasteiger partial charge in [0.05, 0.1) is 11.4 Å². The molecular weight excluding hydrogens is 1110 g/mol. The van der Waals surface area contributed by atoms with Gasteiger partial charge in [-0.2, -0.15) is 0 Å². The molecule has 13 aromatic rings. The van der Waals surface area contributed by atoms with E-state index >= 15 is 0 Å². The maximum atomic E-state index is 8.00. The van der Waals surface area contributed by atoms with Gasteiger partial charge in [0.2, 0.25) is 0 Å². The Balaban J connectivity index is 1.03. The van der Waals surface area contributed by atoms with Crippen LogP contribution >= 0.6 is 0 Å². The zero-order chi connectivity index (χ0) is 60.2. The molecule has 0 bridgehead atoms. The molecule has 0 aliphatic carbocycles. The van der Waals surface area contributed by atoms with Crippen LogP contribution in [0.2, 0.25) is 0 Å². The van der Waals surface area contributed by atoms with Crippen molar-refractivity contribution >= 4 is 138 Å². The molecule has 9 heteroatoms. The number of benzene rings is 13. The number of rotatable bonds is 6. The van der Waals surface area contributed by atoms with E-state index in [1.165, 1.54) is 22.0 Å². The van der Waals surface area contributed by atoms with Crippen molar-refractivity contribution < 1.29 is 9.47 Å². The van der Waals surface area contributed by atoms with Crippen molar-refractivity contribution in [3.63, 3.8) is 0 Å².